The third-order valence-corrected chi connectivity index (χ3v) is 5.04. The molecule has 2 aromatic carbocycles. The van der Waals surface area contributed by atoms with E-state index in [1.807, 2.05) is 0 Å². The van der Waals surface area contributed by atoms with E-state index in [2.05, 4.69) is 71.4 Å². The van der Waals surface area contributed by atoms with Gasteiger partial charge in [0, 0.05) is 31.7 Å². The summed E-state index contributed by atoms with van der Waals surface area (Å²) in [6.45, 7) is 3.47. The van der Waals surface area contributed by atoms with E-state index in [-0.39, 0.29) is 24.8 Å². The Balaban J connectivity index is 0.000000960. The predicted molar refractivity (Wildman–Crippen MR) is 101 cm³/mol. The van der Waals surface area contributed by atoms with Gasteiger partial charge in [0.2, 0.25) is 0 Å². The van der Waals surface area contributed by atoms with Gasteiger partial charge in [0.25, 0.3) is 0 Å². The number of halogens is 2. The molecule has 1 saturated heterocycles. The smallest absolute Gasteiger partial charge is 0.0484 e. The molecular weight excluding hydrogens is 327 g/mol. The fourth-order valence-corrected chi connectivity index (χ4v) is 3.94. The Kier molecular flexibility index (Phi) is 6.10. The highest BCUT2D eigenvalue weighted by atomic mass is 35.5. The third-order valence-electron chi connectivity index (χ3n) is 5.04. The molecule has 0 amide bonds. The maximum absolute atomic E-state index is 2.72. The Bertz CT molecular complexity index is 632. The first-order valence-corrected chi connectivity index (χ1v) is 7.90. The van der Waals surface area contributed by atoms with Crippen molar-refractivity contribution in [3.63, 3.8) is 0 Å². The van der Waals surface area contributed by atoms with Crippen LogP contribution in [0.4, 0.5) is 0 Å². The van der Waals surface area contributed by atoms with Crippen molar-refractivity contribution >= 4 is 24.8 Å². The van der Waals surface area contributed by atoms with Crippen molar-refractivity contribution in [1.29, 1.82) is 0 Å². The lowest BCUT2D eigenvalue weighted by Gasteiger charge is -2.48. The van der Waals surface area contributed by atoms with Crippen LogP contribution in [-0.4, -0.2) is 36.5 Å². The Morgan fingerprint density at radius 1 is 0.826 bits per heavy atom. The molecule has 2 aliphatic rings. The first kappa shape index (κ1) is 18.3. The third kappa shape index (κ3) is 3.41. The highest BCUT2D eigenvalue weighted by Gasteiger charge is 2.37. The standard InChI is InChI=1S/C19H22N2.2ClH/c1-20-11-12-21-18(15-7-3-2-4-8-15)13-16-9-5-6-10-17(16)19(21)14-20;;/h2-10,18-19H,11-14H2,1H3;2*1H/t18-,19+;;/m0../s1. The van der Waals surface area contributed by atoms with E-state index in [9.17, 15) is 0 Å². The number of fused-ring (bicyclic) bond motifs is 3. The SMILES string of the molecule is CN1CCN2[C@H](C1)c1ccccc1C[C@H]2c1ccccc1.Cl.Cl. The maximum Gasteiger partial charge on any atom is 0.0484 e. The molecule has 2 aromatic rings. The summed E-state index contributed by atoms with van der Waals surface area (Å²) in [4.78, 5) is 5.18. The lowest BCUT2D eigenvalue weighted by atomic mass is 9.84. The number of piperazine rings is 1. The van der Waals surface area contributed by atoms with E-state index in [1.54, 1.807) is 0 Å². The second-order valence-electron chi connectivity index (χ2n) is 6.35. The minimum absolute atomic E-state index is 0. The lowest BCUT2D eigenvalue weighted by Crippen LogP contribution is -2.50. The predicted octanol–water partition coefficient (Wildman–Crippen LogP) is 4.12. The first-order chi connectivity index (χ1) is 10.3. The zero-order valence-corrected chi connectivity index (χ0v) is 15.0. The van der Waals surface area contributed by atoms with Crippen LogP contribution >= 0.6 is 24.8 Å². The van der Waals surface area contributed by atoms with Gasteiger partial charge in [-0.3, -0.25) is 4.90 Å². The Hall–Kier alpha value is -1.06. The van der Waals surface area contributed by atoms with Gasteiger partial charge in [-0.2, -0.15) is 0 Å². The summed E-state index contributed by atoms with van der Waals surface area (Å²) < 4.78 is 0. The molecule has 23 heavy (non-hydrogen) atoms. The molecule has 124 valence electrons. The topological polar surface area (TPSA) is 6.48 Å². The van der Waals surface area contributed by atoms with Gasteiger partial charge in [-0.1, -0.05) is 54.6 Å². The molecule has 1 fully saturated rings. The molecule has 0 saturated carbocycles. The fourth-order valence-electron chi connectivity index (χ4n) is 3.94. The van der Waals surface area contributed by atoms with Crippen LogP contribution in [0.5, 0.6) is 0 Å². The van der Waals surface area contributed by atoms with Gasteiger partial charge in [-0.05, 0) is 30.2 Å². The Morgan fingerprint density at radius 3 is 2.30 bits per heavy atom. The molecule has 0 radical (unpaired) electrons. The molecule has 0 spiro atoms. The van der Waals surface area contributed by atoms with Crippen LogP contribution in [0.2, 0.25) is 0 Å². The number of hydrogen-bond donors (Lipinski definition) is 0. The molecule has 4 rings (SSSR count). The number of benzene rings is 2. The summed E-state index contributed by atoms with van der Waals surface area (Å²) in [7, 11) is 2.24. The molecule has 0 N–H and O–H groups in total. The summed E-state index contributed by atoms with van der Waals surface area (Å²) in [5.74, 6) is 0. The van der Waals surface area contributed by atoms with Crippen LogP contribution in [0.1, 0.15) is 28.8 Å². The molecule has 0 bridgehead atoms. The first-order valence-electron chi connectivity index (χ1n) is 7.90. The number of hydrogen-bond acceptors (Lipinski definition) is 2. The fraction of sp³-hybridized carbons (Fsp3) is 0.368. The van der Waals surface area contributed by atoms with E-state index in [1.165, 1.54) is 23.2 Å². The van der Waals surface area contributed by atoms with Gasteiger partial charge in [0.1, 0.15) is 0 Å². The molecule has 2 heterocycles. The molecule has 4 heteroatoms. The van der Waals surface area contributed by atoms with E-state index in [4.69, 9.17) is 0 Å². The second kappa shape index (κ2) is 7.67. The van der Waals surface area contributed by atoms with Crippen molar-refractivity contribution in [3.05, 3.63) is 71.3 Å². The van der Waals surface area contributed by atoms with E-state index >= 15 is 0 Å². The van der Waals surface area contributed by atoms with E-state index in [0.29, 0.717) is 12.1 Å². The van der Waals surface area contributed by atoms with Crippen molar-refractivity contribution in [3.8, 4) is 0 Å². The molecule has 0 aliphatic carbocycles. The van der Waals surface area contributed by atoms with Crippen LogP contribution in [0.3, 0.4) is 0 Å². The van der Waals surface area contributed by atoms with Gasteiger partial charge in [-0.15, -0.1) is 24.8 Å². The molecule has 2 aliphatic heterocycles. The van der Waals surface area contributed by atoms with Crippen LogP contribution < -0.4 is 0 Å². The monoisotopic (exact) mass is 350 g/mol. The summed E-state index contributed by atoms with van der Waals surface area (Å²) in [6, 6.07) is 21.1. The largest absolute Gasteiger partial charge is 0.303 e. The van der Waals surface area contributed by atoms with Crippen LogP contribution in [-0.2, 0) is 6.42 Å². The summed E-state index contributed by atoms with van der Waals surface area (Å²) >= 11 is 0. The number of nitrogens with zero attached hydrogens (tertiary/aromatic N) is 2. The van der Waals surface area contributed by atoms with E-state index in [0.717, 1.165) is 19.5 Å². The second-order valence-corrected chi connectivity index (χ2v) is 6.35. The lowest BCUT2D eigenvalue weighted by molar-refractivity contribution is 0.0404. The van der Waals surface area contributed by atoms with Crippen LogP contribution in [0, 0.1) is 0 Å². The zero-order valence-electron chi connectivity index (χ0n) is 13.4. The normalized spacial score (nSPS) is 23.9. The van der Waals surface area contributed by atoms with Crippen molar-refractivity contribution in [2.45, 2.75) is 18.5 Å². The summed E-state index contributed by atoms with van der Waals surface area (Å²) in [6.07, 6.45) is 1.14. The highest BCUT2D eigenvalue weighted by Crippen LogP contribution is 2.41. The van der Waals surface area contributed by atoms with Gasteiger partial charge >= 0.3 is 0 Å². The molecule has 0 aromatic heterocycles. The van der Waals surface area contributed by atoms with Crippen molar-refractivity contribution in [2.75, 3.05) is 26.7 Å². The molecule has 0 unspecified atom stereocenters. The summed E-state index contributed by atoms with van der Waals surface area (Å²) in [5.41, 5.74) is 4.53. The zero-order chi connectivity index (χ0) is 14.2. The Morgan fingerprint density at radius 2 is 1.52 bits per heavy atom. The van der Waals surface area contributed by atoms with E-state index < -0.39 is 0 Å². The number of rotatable bonds is 1. The number of likely N-dealkylation sites (N-methyl/N-ethyl adjacent to an activating group) is 1. The van der Waals surface area contributed by atoms with Crippen molar-refractivity contribution in [1.82, 2.24) is 9.80 Å². The van der Waals surface area contributed by atoms with Crippen molar-refractivity contribution < 1.29 is 0 Å². The van der Waals surface area contributed by atoms with Crippen LogP contribution in [0.25, 0.3) is 0 Å². The van der Waals surface area contributed by atoms with Gasteiger partial charge < -0.3 is 4.90 Å². The van der Waals surface area contributed by atoms with Gasteiger partial charge in [-0.25, -0.2) is 0 Å². The summed E-state index contributed by atoms with van der Waals surface area (Å²) in [5, 5.41) is 0. The minimum atomic E-state index is 0. The Labute approximate surface area is 151 Å². The average Bonchev–Trinajstić information content (AvgIpc) is 2.55. The van der Waals surface area contributed by atoms with Crippen LogP contribution in [0.15, 0.2) is 54.6 Å². The minimum Gasteiger partial charge on any atom is -0.303 e. The quantitative estimate of drug-likeness (QED) is 0.763. The van der Waals surface area contributed by atoms with Crippen molar-refractivity contribution in [2.24, 2.45) is 0 Å². The van der Waals surface area contributed by atoms with Gasteiger partial charge in [0.05, 0.1) is 0 Å². The maximum atomic E-state index is 2.72. The highest BCUT2D eigenvalue weighted by molar-refractivity contribution is 5.85. The molecule has 2 nitrogen and oxygen atoms in total. The molecular formula is C19H24Cl2N2. The van der Waals surface area contributed by atoms with Gasteiger partial charge in [0.15, 0.2) is 0 Å². The molecule has 2 atom stereocenters. The average molecular weight is 351 g/mol.